The monoisotopic (exact) mass is 134 g/mol. The summed E-state index contributed by atoms with van der Waals surface area (Å²) >= 11 is 0. The molecule has 0 unspecified atom stereocenters. The van der Waals surface area contributed by atoms with Crippen molar-refractivity contribution in [3.05, 3.63) is 48.9 Å². The second-order valence-electron chi connectivity index (χ2n) is 2.03. The van der Waals surface area contributed by atoms with Crippen LogP contribution in [-0.2, 0) is 0 Å². The van der Waals surface area contributed by atoms with Crippen molar-refractivity contribution in [3.63, 3.8) is 0 Å². The first-order chi connectivity index (χ1) is 4.70. The Morgan fingerprint density at radius 1 is 1.30 bits per heavy atom. The lowest BCUT2D eigenvalue weighted by Crippen LogP contribution is -1.75. The van der Waals surface area contributed by atoms with Gasteiger partial charge in [0, 0.05) is 5.56 Å². The quantitative estimate of drug-likeness (QED) is 0.554. The van der Waals surface area contributed by atoms with E-state index in [0.29, 0.717) is 11.1 Å². The summed E-state index contributed by atoms with van der Waals surface area (Å²) in [6, 6.07) is 6.47. The number of halogens is 1. The Morgan fingerprint density at radius 2 is 1.80 bits per heavy atom. The molecule has 2 radical (unpaired) electrons. The van der Waals surface area contributed by atoms with Crippen molar-refractivity contribution in [1.29, 1.82) is 0 Å². The van der Waals surface area contributed by atoms with E-state index >= 15 is 0 Å². The standard InChI is InChI=1S/C9H7F/c1-7-3-5-9(6-4-7)8(2)10/h1,3-6H,2H2. The molecule has 0 aliphatic rings. The maximum absolute atomic E-state index is 12.3. The van der Waals surface area contributed by atoms with Gasteiger partial charge in [0.1, 0.15) is 5.83 Å². The zero-order chi connectivity index (χ0) is 7.56. The average Bonchev–Trinajstić information content (AvgIpc) is 1.88. The largest absolute Gasteiger partial charge is 0.207 e. The highest BCUT2D eigenvalue weighted by molar-refractivity contribution is 5.56. The van der Waals surface area contributed by atoms with E-state index in [1.165, 1.54) is 0 Å². The molecule has 0 aliphatic heterocycles. The predicted molar refractivity (Wildman–Crippen MR) is 40.0 cm³/mol. The van der Waals surface area contributed by atoms with E-state index in [0.717, 1.165) is 0 Å². The van der Waals surface area contributed by atoms with E-state index in [4.69, 9.17) is 6.92 Å². The first-order valence-electron chi connectivity index (χ1n) is 2.90. The molecule has 0 aliphatic carbocycles. The van der Waals surface area contributed by atoms with Gasteiger partial charge < -0.3 is 0 Å². The van der Waals surface area contributed by atoms with E-state index in [-0.39, 0.29) is 0 Å². The van der Waals surface area contributed by atoms with Gasteiger partial charge >= 0.3 is 0 Å². The first-order valence-corrected chi connectivity index (χ1v) is 2.90. The first kappa shape index (κ1) is 7.00. The third-order valence-corrected chi connectivity index (χ3v) is 1.22. The molecule has 0 atom stereocenters. The highest BCUT2D eigenvalue weighted by Gasteiger charge is 1.93. The third-order valence-electron chi connectivity index (χ3n) is 1.22. The lowest BCUT2D eigenvalue weighted by molar-refractivity contribution is 0.763. The SMILES string of the molecule is [CH]c1ccc(C(=C)F)cc1. The summed E-state index contributed by atoms with van der Waals surface area (Å²) in [6.07, 6.45) is 0. The molecular weight excluding hydrogens is 127 g/mol. The summed E-state index contributed by atoms with van der Waals surface area (Å²) in [5.74, 6) is -0.431. The van der Waals surface area contributed by atoms with Crippen molar-refractivity contribution in [3.8, 4) is 0 Å². The molecule has 0 bridgehead atoms. The maximum atomic E-state index is 12.3. The van der Waals surface area contributed by atoms with Crippen LogP contribution in [0.1, 0.15) is 11.1 Å². The van der Waals surface area contributed by atoms with Gasteiger partial charge in [0.05, 0.1) is 0 Å². The Labute approximate surface area is 60.0 Å². The second-order valence-corrected chi connectivity index (χ2v) is 2.03. The molecule has 1 aromatic rings. The van der Waals surface area contributed by atoms with Gasteiger partial charge in [-0.05, 0) is 12.5 Å². The van der Waals surface area contributed by atoms with Crippen molar-refractivity contribution in [2.75, 3.05) is 0 Å². The van der Waals surface area contributed by atoms with Crippen molar-refractivity contribution < 1.29 is 4.39 Å². The molecule has 0 N–H and O–H groups in total. The average molecular weight is 134 g/mol. The van der Waals surface area contributed by atoms with Gasteiger partial charge in [0.15, 0.2) is 0 Å². The minimum absolute atomic E-state index is 0.431. The second kappa shape index (κ2) is 2.65. The molecular formula is C9H7F. The Kier molecular flexibility index (Phi) is 1.86. The molecule has 0 fully saturated rings. The number of hydrogen-bond donors (Lipinski definition) is 0. The lowest BCUT2D eigenvalue weighted by atomic mass is 10.1. The zero-order valence-corrected chi connectivity index (χ0v) is 5.47. The smallest absolute Gasteiger partial charge is 0.123 e. The molecule has 0 spiro atoms. The lowest BCUT2D eigenvalue weighted by Gasteiger charge is -1.94. The fourth-order valence-electron chi connectivity index (χ4n) is 0.664. The molecule has 0 heterocycles. The Bertz CT molecular complexity index is 233. The van der Waals surface area contributed by atoms with Crippen LogP contribution >= 0.6 is 0 Å². The normalized spacial score (nSPS) is 9.40. The van der Waals surface area contributed by atoms with Gasteiger partial charge in [-0.2, -0.15) is 0 Å². The molecule has 0 saturated heterocycles. The predicted octanol–water partition coefficient (Wildman–Crippen LogP) is 2.69. The van der Waals surface area contributed by atoms with E-state index in [9.17, 15) is 4.39 Å². The topological polar surface area (TPSA) is 0 Å². The van der Waals surface area contributed by atoms with Crippen LogP contribution in [0.3, 0.4) is 0 Å². The van der Waals surface area contributed by atoms with Gasteiger partial charge in [0.2, 0.25) is 0 Å². The number of benzene rings is 1. The maximum Gasteiger partial charge on any atom is 0.123 e. The molecule has 1 aromatic carbocycles. The summed E-state index contributed by atoms with van der Waals surface area (Å²) in [6.45, 7) is 8.52. The van der Waals surface area contributed by atoms with Crippen molar-refractivity contribution >= 4 is 5.83 Å². The summed E-state index contributed by atoms with van der Waals surface area (Å²) < 4.78 is 12.3. The summed E-state index contributed by atoms with van der Waals surface area (Å²) in [5, 5.41) is 0. The summed E-state index contributed by atoms with van der Waals surface area (Å²) in [7, 11) is 0. The molecule has 10 heavy (non-hydrogen) atoms. The van der Waals surface area contributed by atoms with Crippen LogP contribution in [0.5, 0.6) is 0 Å². The fourth-order valence-corrected chi connectivity index (χ4v) is 0.664. The molecule has 0 aromatic heterocycles. The van der Waals surface area contributed by atoms with Crippen LogP contribution in [0.4, 0.5) is 4.39 Å². The van der Waals surface area contributed by atoms with Gasteiger partial charge in [-0.15, -0.1) is 0 Å². The van der Waals surface area contributed by atoms with E-state index in [1.807, 2.05) is 0 Å². The molecule has 0 nitrogen and oxygen atoms in total. The van der Waals surface area contributed by atoms with Gasteiger partial charge in [-0.25, -0.2) is 4.39 Å². The molecule has 1 heteroatoms. The fraction of sp³-hybridized carbons (Fsp3) is 0. The van der Waals surface area contributed by atoms with Crippen LogP contribution in [-0.4, -0.2) is 0 Å². The number of rotatable bonds is 1. The molecule has 0 amide bonds. The Balaban J connectivity index is 3.00. The van der Waals surface area contributed by atoms with Gasteiger partial charge in [0.25, 0.3) is 0 Å². The number of hydrogen-bond acceptors (Lipinski definition) is 0. The third kappa shape index (κ3) is 1.44. The highest BCUT2D eigenvalue weighted by Crippen LogP contribution is 2.13. The molecule has 50 valence electrons. The minimum atomic E-state index is -0.431. The Hall–Kier alpha value is -1.11. The van der Waals surface area contributed by atoms with Crippen LogP contribution in [0.15, 0.2) is 30.8 Å². The van der Waals surface area contributed by atoms with Gasteiger partial charge in [-0.1, -0.05) is 30.8 Å². The van der Waals surface area contributed by atoms with Crippen LogP contribution < -0.4 is 0 Å². The van der Waals surface area contributed by atoms with Gasteiger partial charge in [-0.3, -0.25) is 0 Å². The van der Waals surface area contributed by atoms with E-state index in [1.54, 1.807) is 24.3 Å². The Morgan fingerprint density at radius 3 is 2.20 bits per heavy atom. The van der Waals surface area contributed by atoms with Crippen molar-refractivity contribution in [1.82, 2.24) is 0 Å². The van der Waals surface area contributed by atoms with Crippen molar-refractivity contribution in [2.45, 2.75) is 0 Å². The van der Waals surface area contributed by atoms with E-state index in [2.05, 4.69) is 6.58 Å². The molecule has 0 saturated carbocycles. The van der Waals surface area contributed by atoms with Crippen LogP contribution in [0.25, 0.3) is 5.83 Å². The van der Waals surface area contributed by atoms with Crippen LogP contribution in [0.2, 0.25) is 0 Å². The zero-order valence-electron chi connectivity index (χ0n) is 5.47. The summed E-state index contributed by atoms with van der Waals surface area (Å²) in [5.41, 5.74) is 1.11. The highest BCUT2D eigenvalue weighted by atomic mass is 19.1. The van der Waals surface area contributed by atoms with Crippen molar-refractivity contribution in [2.24, 2.45) is 0 Å². The minimum Gasteiger partial charge on any atom is -0.207 e. The summed E-state index contributed by atoms with van der Waals surface area (Å²) in [4.78, 5) is 0. The van der Waals surface area contributed by atoms with E-state index < -0.39 is 5.83 Å². The molecule has 1 rings (SSSR count). The van der Waals surface area contributed by atoms with Crippen LogP contribution in [0, 0.1) is 6.92 Å².